The summed E-state index contributed by atoms with van der Waals surface area (Å²) in [7, 11) is 0. The molecule has 1 aliphatic rings. The molecule has 1 N–H and O–H groups in total. The van der Waals surface area contributed by atoms with Crippen LogP contribution >= 0.6 is 35.7 Å². The number of hydrogen-bond acceptors (Lipinski definition) is 4. The molecule has 0 aliphatic carbocycles. The molecule has 2 rings (SSSR count). The molecule has 1 aromatic heterocycles. The average Bonchev–Trinajstić information content (AvgIpc) is 2.52. The number of nitrogens with one attached hydrogen (secondary N) is 1. The van der Waals surface area contributed by atoms with E-state index in [-0.39, 0.29) is 28.7 Å². The van der Waals surface area contributed by atoms with E-state index in [1.807, 2.05) is 30.8 Å². The summed E-state index contributed by atoms with van der Waals surface area (Å²) in [6.45, 7) is 12.8. The number of pyridine rings is 1. The standard InChI is InChI=1S/C17H28N4OS.HI/c1-5-18-16(21-10-11-23-17(3,4)13-21)20-12-14-8-7-9-19-15(14)22-6-2;/h7-9H,5-6,10-13H2,1-4H3,(H,18,20);1H. The Morgan fingerprint density at radius 1 is 1.46 bits per heavy atom. The van der Waals surface area contributed by atoms with E-state index in [9.17, 15) is 0 Å². The van der Waals surface area contributed by atoms with E-state index >= 15 is 0 Å². The second kappa shape index (κ2) is 10.3. The third-order valence-corrected chi connectivity index (χ3v) is 4.89. The van der Waals surface area contributed by atoms with Crippen molar-refractivity contribution in [2.45, 2.75) is 39.0 Å². The van der Waals surface area contributed by atoms with E-state index in [0.717, 1.165) is 36.9 Å². The Bertz CT molecular complexity index is 539. The number of ether oxygens (including phenoxy) is 1. The van der Waals surface area contributed by atoms with Crippen molar-refractivity contribution in [1.82, 2.24) is 15.2 Å². The van der Waals surface area contributed by atoms with Gasteiger partial charge < -0.3 is 15.0 Å². The van der Waals surface area contributed by atoms with Crippen molar-refractivity contribution in [3.05, 3.63) is 23.9 Å². The monoisotopic (exact) mass is 464 g/mol. The van der Waals surface area contributed by atoms with Gasteiger partial charge in [0, 0.05) is 41.9 Å². The second-order valence-corrected chi connectivity index (χ2v) is 7.90. The Labute approximate surface area is 167 Å². The van der Waals surface area contributed by atoms with Gasteiger partial charge in [0.25, 0.3) is 0 Å². The van der Waals surface area contributed by atoms with Crippen LogP contribution in [0.5, 0.6) is 5.88 Å². The number of thioether (sulfide) groups is 1. The lowest BCUT2D eigenvalue weighted by Gasteiger charge is -2.39. The summed E-state index contributed by atoms with van der Waals surface area (Å²) < 4.78 is 5.85. The fraction of sp³-hybridized carbons (Fsp3) is 0.647. The Hall–Kier alpha value is -0.700. The normalized spacial score (nSPS) is 17.2. The minimum atomic E-state index is 0. The molecule has 0 amide bonds. The lowest BCUT2D eigenvalue weighted by Crippen LogP contribution is -2.50. The molecule has 24 heavy (non-hydrogen) atoms. The first-order valence-electron chi connectivity index (χ1n) is 8.29. The maximum absolute atomic E-state index is 5.59. The molecule has 7 heteroatoms. The topological polar surface area (TPSA) is 49.8 Å². The van der Waals surface area contributed by atoms with Crippen LogP contribution in [0.4, 0.5) is 0 Å². The highest BCUT2D eigenvalue weighted by Gasteiger charge is 2.28. The summed E-state index contributed by atoms with van der Waals surface area (Å²) in [5, 5.41) is 3.42. The Morgan fingerprint density at radius 2 is 2.25 bits per heavy atom. The number of hydrogen-bond donors (Lipinski definition) is 1. The van der Waals surface area contributed by atoms with Gasteiger partial charge >= 0.3 is 0 Å². The van der Waals surface area contributed by atoms with Gasteiger partial charge in [-0.1, -0.05) is 6.07 Å². The first-order valence-corrected chi connectivity index (χ1v) is 9.28. The lowest BCUT2D eigenvalue weighted by molar-refractivity contribution is 0.323. The highest BCUT2D eigenvalue weighted by atomic mass is 127. The van der Waals surface area contributed by atoms with Gasteiger partial charge in [-0.2, -0.15) is 11.8 Å². The van der Waals surface area contributed by atoms with Crippen LogP contribution in [0.15, 0.2) is 23.3 Å². The number of halogens is 1. The summed E-state index contributed by atoms with van der Waals surface area (Å²) in [6, 6.07) is 3.96. The van der Waals surface area contributed by atoms with Crippen LogP contribution in [0.1, 0.15) is 33.3 Å². The average molecular weight is 464 g/mol. The molecule has 1 aromatic rings. The zero-order chi connectivity index (χ0) is 16.7. The summed E-state index contributed by atoms with van der Waals surface area (Å²) in [5.74, 6) is 2.80. The van der Waals surface area contributed by atoms with Crippen LogP contribution in [-0.4, -0.2) is 52.6 Å². The molecule has 1 aliphatic heterocycles. The Morgan fingerprint density at radius 3 is 2.92 bits per heavy atom. The van der Waals surface area contributed by atoms with Crippen LogP contribution in [0.2, 0.25) is 0 Å². The van der Waals surface area contributed by atoms with Gasteiger partial charge in [0.1, 0.15) is 0 Å². The first kappa shape index (κ1) is 21.3. The number of aliphatic imine (C=N–C) groups is 1. The number of rotatable bonds is 5. The van der Waals surface area contributed by atoms with E-state index in [2.05, 4.69) is 36.0 Å². The highest BCUT2D eigenvalue weighted by molar-refractivity contribution is 14.0. The molecule has 0 spiro atoms. The quantitative estimate of drug-likeness (QED) is 0.412. The SMILES string of the molecule is CCNC(=NCc1cccnc1OCC)N1CCSC(C)(C)C1.I. The summed E-state index contributed by atoms with van der Waals surface area (Å²) in [4.78, 5) is 11.5. The Kier molecular flexibility index (Phi) is 9.18. The lowest BCUT2D eigenvalue weighted by atomic mass is 10.2. The van der Waals surface area contributed by atoms with Gasteiger partial charge in [-0.3, -0.25) is 0 Å². The molecule has 2 heterocycles. The largest absolute Gasteiger partial charge is 0.478 e. The van der Waals surface area contributed by atoms with Crippen LogP contribution in [0.25, 0.3) is 0 Å². The highest BCUT2D eigenvalue weighted by Crippen LogP contribution is 2.29. The van der Waals surface area contributed by atoms with Crippen molar-refractivity contribution in [1.29, 1.82) is 0 Å². The van der Waals surface area contributed by atoms with Gasteiger partial charge in [0.05, 0.1) is 13.2 Å². The molecule has 1 fully saturated rings. The van der Waals surface area contributed by atoms with E-state index < -0.39 is 0 Å². The molecule has 5 nitrogen and oxygen atoms in total. The molecule has 136 valence electrons. The first-order chi connectivity index (χ1) is 11.1. The predicted molar refractivity (Wildman–Crippen MR) is 114 cm³/mol. The van der Waals surface area contributed by atoms with E-state index in [4.69, 9.17) is 9.73 Å². The maximum atomic E-state index is 5.59. The molecule has 0 bridgehead atoms. The fourth-order valence-corrected chi connectivity index (χ4v) is 3.71. The van der Waals surface area contributed by atoms with Crippen molar-refractivity contribution < 1.29 is 4.74 Å². The van der Waals surface area contributed by atoms with E-state index in [0.29, 0.717) is 19.0 Å². The van der Waals surface area contributed by atoms with Gasteiger partial charge in [-0.15, -0.1) is 24.0 Å². The smallest absolute Gasteiger partial charge is 0.218 e. The number of guanidine groups is 1. The molecule has 0 aromatic carbocycles. The zero-order valence-corrected chi connectivity index (χ0v) is 18.2. The molecule has 0 unspecified atom stereocenters. The maximum Gasteiger partial charge on any atom is 0.218 e. The molecule has 0 radical (unpaired) electrons. The van der Waals surface area contributed by atoms with Crippen LogP contribution in [0, 0.1) is 0 Å². The van der Waals surface area contributed by atoms with Crippen molar-refractivity contribution in [2.24, 2.45) is 4.99 Å². The third kappa shape index (κ3) is 6.31. The molecular formula is C17H29IN4OS. The van der Waals surface area contributed by atoms with Crippen LogP contribution in [0.3, 0.4) is 0 Å². The third-order valence-electron chi connectivity index (χ3n) is 3.59. The van der Waals surface area contributed by atoms with Crippen LogP contribution in [-0.2, 0) is 6.54 Å². The fourth-order valence-electron chi connectivity index (χ4n) is 2.59. The van der Waals surface area contributed by atoms with Crippen LogP contribution < -0.4 is 10.1 Å². The minimum absolute atomic E-state index is 0. The van der Waals surface area contributed by atoms with Crippen molar-refractivity contribution in [3.63, 3.8) is 0 Å². The van der Waals surface area contributed by atoms with Gasteiger partial charge in [-0.25, -0.2) is 9.98 Å². The summed E-state index contributed by atoms with van der Waals surface area (Å²) >= 11 is 2.03. The number of nitrogens with zero attached hydrogens (tertiary/aromatic N) is 3. The van der Waals surface area contributed by atoms with Gasteiger partial charge in [0.15, 0.2) is 5.96 Å². The molecule has 0 atom stereocenters. The molecule has 1 saturated heterocycles. The van der Waals surface area contributed by atoms with Crippen molar-refractivity contribution in [3.8, 4) is 5.88 Å². The van der Waals surface area contributed by atoms with Gasteiger partial charge in [-0.05, 0) is 33.8 Å². The summed E-state index contributed by atoms with van der Waals surface area (Å²) in [5.41, 5.74) is 1.02. The van der Waals surface area contributed by atoms with E-state index in [1.54, 1.807) is 6.20 Å². The number of aromatic nitrogens is 1. The van der Waals surface area contributed by atoms with Crippen molar-refractivity contribution in [2.75, 3.05) is 32.0 Å². The van der Waals surface area contributed by atoms with Gasteiger partial charge in [0.2, 0.25) is 5.88 Å². The second-order valence-electron chi connectivity index (χ2n) is 6.10. The zero-order valence-electron chi connectivity index (χ0n) is 15.0. The molecule has 0 saturated carbocycles. The Balaban J connectivity index is 0.00000288. The minimum Gasteiger partial charge on any atom is -0.478 e. The predicted octanol–water partition coefficient (Wildman–Crippen LogP) is 3.39. The molecular weight excluding hydrogens is 435 g/mol. The van der Waals surface area contributed by atoms with E-state index in [1.165, 1.54) is 0 Å². The van der Waals surface area contributed by atoms with Crippen molar-refractivity contribution >= 4 is 41.7 Å². The summed E-state index contributed by atoms with van der Waals surface area (Å²) in [6.07, 6.45) is 1.76.